The van der Waals surface area contributed by atoms with E-state index in [-0.39, 0.29) is 6.79 Å². The van der Waals surface area contributed by atoms with Crippen molar-refractivity contribution >= 4 is 22.1 Å². The van der Waals surface area contributed by atoms with E-state index in [0.717, 1.165) is 21.5 Å². The molecule has 0 spiro atoms. The van der Waals surface area contributed by atoms with Crippen molar-refractivity contribution < 1.29 is 9.47 Å². The SMILES string of the molecule is N/N=C/c1cc2c(cc1Br)OCO2. The Balaban J connectivity index is 2.49. The van der Waals surface area contributed by atoms with Gasteiger partial charge in [0.2, 0.25) is 6.79 Å². The van der Waals surface area contributed by atoms with Gasteiger partial charge in [0.1, 0.15) is 0 Å². The summed E-state index contributed by atoms with van der Waals surface area (Å²) in [6.45, 7) is 0.269. The topological polar surface area (TPSA) is 56.8 Å². The summed E-state index contributed by atoms with van der Waals surface area (Å²) in [6.07, 6.45) is 1.55. The van der Waals surface area contributed by atoms with Crippen molar-refractivity contribution in [3.63, 3.8) is 0 Å². The molecule has 0 fully saturated rings. The van der Waals surface area contributed by atoms with Gasteiger partial charge < -0.3 is 15.3 Å². The number of hydrogen-bond acceptors (Lipinski definition) is 4. The van der Waals surface area contributed by atoms with Crippen molar-refractivity contribution in [2.24, 2.45) is 10.9 Å². The standard InChI is InChI=1S/C8H7BrN2O2/c9-6-2-8-7(12-4-13-8)1-5(6)3-11-10/h1-3H,4,10H2/b11-3+. The molecule has 13 heavy (non-hydrogen) atoms. The Hall–Kier alpha value is -1.23. The maximum atomic E-state index is 5.19. The van der Waals surface area contributed by atoms with E-state index in [2.05, 4.69) is 21.0 Å². The van der Waals surface area contributed by atoms with Gasteiger partial charge in [-0.15, -0.1) is 0 Å². The van der Waals surface area contributed by atoms with E-state index in [1.165, 1.54) is 0 Å². The summed E-state index contributed by atoms with van der Waals surface area (Å²) in [4.78, 5) is 0. The van der Waals surface area contributed by atoms with E-state index in [9.17, 15) is 0 Å². The lowest BCUT2D eigenvalue weighted by Gasteiger charge is -2.00. The highest BCUT2D eigenvalue weighted by Crippen LogP contribution is 2.36. The van der Waals surface area contributed by atoms with Gasteiger partial charge in [-0.05, 0) is 28.1 Å². The van der Waals surface area contributed by atoms with Gasteiger partial charge in [-0.1, -0.05) is 0 Å². The third kappa shape index (κ3) is 1.47. The lowest BCUT2D eigenvalue weighted by molar-refractivity contribution is 0.174. The van der Waals surface area contributed by atoms with Gasteiger partial charge in [0.05, 0.1) is 6.21 Å². The predicted octanol–water partition coefficient (Wildman–Crippen LogP) is 1.47. The van der Waals surface area contributed by atoms with Crippen molar-refractivity contribution in [2.45, 2.75) is 0 Å². The Morgan fingerprint density at radius 2 is 2.08 bits per heavy atom. The van der Waals surface area contributed by atoms with E-state index in [0.29, 0.717) is 0 Å². The Labute approximate surface area is 83.5 Å². The van der Waals surface area contributed by atoms with Crippen LogP contribution in [-0.4, -0.2) is 13.0 Å². The molecule has 2 rings (SSSR count). The highest BCUT2D eigenvalue weighted by Gasteiger charge is 2.15. The average Bonchev–Trinajstić information content (AvgIpc) is 2.52. The predicted molar refractivity (Wildman–Crippen MR) is 52.0 cm³/mol. The molecule has 1 heterocycles. The molecule has 1 aliphatic rings. The fourth-order valence-electron chi connectivity index (χ4n) is 1.11. The molecule has 0 unspecified atom stereocenters. The summed E-state index contributed by atoms with van der Waals surface area (Å²) in [5, 5.41) is 3.44. The second kappa shape index (κ2) is 3.26. The third-order valence-electron chi connectivity index (χ3n) is 1.71. The molecule has 2 N–H and O–H groups in total. The zero-order valence-corrected chi connectivity index (χ0v) is 8.24. The fourth-order valence-corrected chi connectivity index (χ4v) is 1.54. The molecule has 0 atom stereocenters. The van der Waals surface area contributed by atoms with E-state index in [1.54, 1.807) is 6.21 Å². The Bertz CT molecular complexity index is 365. The van der Waals surface area contributed by atoms with Crippen molar-refractivity contribution in [1.82, 2.24) is 0 Å². The molecule has 0 saturated carbocycles. The van der Waals surface area contributed by atoms with Gasteiger partial charge in [0, 0.05) is 10.0 Å². The van der Waals surface area contributed by atoms with Gasteiger partial charge in [-0.2, -0.15) is 5.10 Å². The first-order chi connectivity index (χ1) is 6.31. The van der Waals surface area contributed by atoms with Crippen LogP contribution in [0.4, 0.5) is 0 Å². The van der Waals surface area contributed by atoms with Crippen LogP contribution in [0.15, 0.2) is 21.7 Å². The van der Waals surface area contributed by atoms with Crippen LogP contribution in [-0.2, 0) is 0 Å². The molecule has 1 aliphatic heterocycles. The maximum absolute atomic E-state index is 5.19. The van der Waals surface area contributed by atoms with Crippen LogP contribution in [0.2, 0.25) is 0 Å². The number of nitrogens with two attached hydrogens (primary N) is 1. The molecule has 0 aliphatic carbocycles. The number of nitrogens with zero attached hydrogens (tertiary/aromatic N) is 1. The van der Waals surface area contributed by atoms with Crippen molar-refractivity contribution in [1.29, 1.82) is 0 Å². The number of hydrazone groups is 1. The second-order valence-electron chi connectivity index (χ2n) is 2.51. The lowest BCUT2D eigenvalue weighted by Crippen LogP contribution is -1.92. The van der Waals surface area contributed by atoms with Gasteiger partial charge in [0.15, 0.2) is 11.5 Å². The minimum Gasteiger partial charge on any atom is -0.454 e. The van der Waals surface area contributed by atoms with Gasteiger partial charge in [-0.3, -0.25) is 0 Å². The van der Waals surface area contributed by atoms with Crippen molar-refractivity contribution in [3.8, 4) is 11.5 Å². The highest BCUT2D eigenvalue weighted by atomic mass is 79.9. The first kappa shape index (κ1) is 8.37. The van der Waals surface area contributed by atoms with E-state index in [4.69, 9.17) is 15.3 Å². The van der Waals surface area contributed by atoms with Crippen LogP contribution in [0.25, 0.3) is 0 Å². The molecule has 0 aromatic heterocycles. The quantitative estimate of drug-likeness (QED) is 0.461. The number of halogens is 1. The average molecular weight is 243 g/mol. The van der Waals surface area contributed by atoms with Crippen LogP contribution in [0.1, 0.15) is 5.56 Å². The first-order valence-electron chi connectivity index (χ1n) is 3.63. The molecule has 1 aromatic carbocycles. The highest BCUT2D eigenvalue weighted by molar-refractivity contribution is 9.10. The zero-order valence-electron chi connectivity index (χ0n) is 6.66. The zero-order chi connectivity index (χ0) is 9.26. The number of hydrogen-bond donors (Lipinski definition) is 1. The van der Waals surface area contributed by atoms with Crippen molar-refractivity contribution in [3.05, 3.63) is 22.2 Å². The normalized spacial score (nSPS) is 13.9. The molecule has 0 saturated heterocycles. The Kier molecular flexibility index (Phi) is 2.10. The van der Waals surface area contributed by atoms with E-state index >= 15 is 0 Å². The largest absolute Gasteiger partial charge is 0.454 e. The molecule has 0 bridgehead atoms. The summed E-state index contributed by atoms with van der Waals surface area (Å²) in [6, 6.07) is 3.65. The first-order valence-corrected chi connectivity index (χ1v) is 4.43. The number of benzene rings is 1. The van der Waals surface area contributed by atoms with E-state index < -0.39 is 0 Å². The summed E-state index contributed by atoms with van der Waals surface area (Å²) in [5.74, 6) is 6.51. The molecule has 5 heteroatoms. The van der Waals surface area contributed by atoms with Gasteiger partial charge >= 0.3 is 0 Å². The Morgan fingerprint density at radius 3 is 2.77 bits per heavy atom. The van der Waals surface area contributed by atoms with Crippen LogP contribution in [0.5, 0.6) is 11.5 Å². The minimum atomic E-state index is 0.269. The summed E-state index contributed by atoms with van der Waals surface area (Å²) >= 11 is 3.37. The molecule has 68 valence electrons. The van der Waals surface area contributed by atoms with Crippen LogP contribution in [0.3, 0.4) is 0 Å². The summed E-state index contributed by atoms with van der Waals surface area (Å²) < 4.78 is 11.3. The third-order valence-corrected chi connectivity index (χ3v) is 2.39. The maximum Gasteiger partial charge on any atom is 0.231 e. The fraction of sp³-hybridized carbons (Fsp3) is 0.125. The van der Waals surface area contributed by atoms with Crippen LogP contribution in [0, 0.1) is 0 Å². The number of fused-ring (bicyclic) bond motifs is 1. The van der Waals surface area contributed by atoms with Gasteiger partial charge in [0.25, 0.3) is 0 Å². The van der Waals surface area contributed by atoms with Crippen LogP contribution < -0.4 is 15.3 Å². The lowest BCUT2D eigenvalue weighted by atomic mass is 10.2. The monoisotopic (exact) mass is 242 g/mol. The Morgan fingerprint density at radius 1 is 1.38 bits per heavy atom. The van der Waals surface area contributed by atoms with Crippen molar-refractivity contribution in [2.75, 3.05) is 6.79 Å². The summed E-state index contributed by atoms with van der Waals surface area (Å²) in [7, 11) is 0. The molecular formula is C8H7BrN2O2. The molecule has 0 radical (unpaired) electrons. The number of rotatable bonds is 1. The number of ether oxygens (including phenoxy) is 2. The molecular weight excluding hydrogens is 236 g/mol. The molecule has 1 aromatic rings. The van der Waals surface area contributed by atoms with Crippen LogP contribution >= 0.6 is 15.9 Å². The second-order valence-corrected chi connectivity index (χ2v) is 3.36. The molecule has 4 nitrogen and oxygen atoms in total. The minimum absolute atomic E-state index is 0.269. The smallest absolute Gasteiger partial charge is 0.231 e. The summed E-state index contributed by atoms with van der Waals surface area (Å²) in [5.41, 5.74) is 0.867. The van der Waals surface area contributed by atoms with E-state index in [1.807, 2.05) is 12.1 Å². The molecule has 0 amide bonds. The van der Waals surface area contributed by atoms with Gasteiger partial charge in [-0.25, -0.2) is 0 Å².